The predicted octanol–water partition coefficient (Wildman–Crippen LogP) is 2.35. The lowest BCUT2D eigenvalue weighted by atomic mass is 10.2. The van der Waals surface area contributed by atoms with Crippen LogP contribution in [0.5, 0.6) is 0 Å². The van der Waals surface area contributed by atoms with Crippen LogP contribution in [0.2, 0.25) is 0 Å². The summed E-state index contributed by atoms with van der Waals surface area (Å²) < 4.78 is 26.1. The Hall–Kier alpha value is -0.910. The molecule has 5 heteroatoms. The zero-order chi connectivity index (χ0) is 14.3. The van der Waals surface area contributed by atoms with Crippen molar-refractivity contribution in [3.63, 3.8) is 0 Å². The zero-order valence-electron chi connectivity index (χ0n) is 11.8. The van der Waals surface area contributed by atoms with Crippen LogP contribution in [0, 0.1) is 0 Å². The molecule has 0 atom stereocenters. The highest BCUT2D eigenvalue weighted by Gasteiger charge is 2.25. The fourth-order valence-electron chi connectivity index (χ4n) is 2.05. The first kappa shape index (κ1) is 16.1. The Labute approximate surface area is 116 Å². The van der Waals surface area contributed by atoms with Crippen LogP contribution in [-0.2, 0) is 16.6 Å². The van der Waals surface area contributed by atoms with E-state index < -0.39 is 10.0 Å². The van der Waals surface area contributed by atoms with Crippen molar-refractivity contribution in [2.45, 2.75) is 44.6 Å². The fraction of sp³-hybridized carbons (Fsp3) is 0.571. The van der Waals surface area contributed by atoms with Crippen LogP contribution in [0.3, 0.4) is 0 Å². The molecule has 0 spiro atoms. The molecular weight excluding hydrogens is 260 g/mol. The number of benzene rings is 1. The van der Waals surface area contributed by atoms with Crippen LogP contribution < -0.4 is 5.73 Å². The number of nitrogens with zero attached hydrogens (tertiary/aromatic N) is 1. The van der Waals surface area contributed by atoms with E-state index in [-0.39, 0.29) is 0 Å². The van der Waals surface area contributed by atoms with Gasteiger partial charge in [0.2, 0.25) is 10.0 Å². The minimum absolute atomic E-state index is 0.372. The maximum Gasteiger partial charge on any atom is 0.243 e. The molecule has 0 amide bonds. The largest absolute Gasteiger partial charge is 0.326 e. The Bertz CT molecular complexity index is 463. The molecule has 1 saturated heterocycles. The minimum atomic E-state index is -3.29. The van der Waals surface area contributed by atoms with Crippen LogP contribution in [0.15, 0.2) is 29.2 Å². The van der Waals surface area contributed by atoms with Gasteiger partial charge in [0.1, 0.15) is 0 Å². The van der Waals surface area contributed by atoms with Crippen molar-refractivity contribution < 1.29 is 8.42 Å². The van der Waals surface area contributed by atoms with Crippen molar-refractivity contribution in [2.24, 2.45) is 5.73 Å². The van der Waals surface area contributed by atoms with Gasteiger partial charge in [0, 0.05) is 19.6 Å². The van der Waals surface area contributed by atoms with E-state index >= 15 is 0 Å². The molecule has 0 radical (unpaired) electrons. The van der Waals surface area contributed by atoms with Gasteiger partial charge in [-0.15, -0.1) is 0 Å². The Morgan fingerprint density at radius 3 is 2.05 bits per heavy atom. The summed E-state index contributed by atoms with van der Waals surface area (Å²) in [4.78, 5) is 0.372. The molecule has 0 bridgehead atoms. The standard InChI is InChI=1S/C12H18N2O2S.C2H6/c13-10-11-4-6-12(7-5-11)17(15,16)14-8-2-1-3-9-14;1-2/h4-7H,1-3,8-10,13H2;1-2H3. The van der Waals surface area contributed by atoms with E-state index in [4.69, 9.17) is 5.73 Å². The van der Waals surface area contributed by atoms with Gasteiger partial charge in [-0.1, -0.05) is 32.4 Å². The van der Waals surface area contributed by atoms with E-state index in [0.29, 0.717) is 24.5 Å². The van der Waals surface area contributed by atoms with E-state index in [2.05, 4.69) is 0 Å². The van der Waals surface area contributed by atoms with E-state index in [9.17, 15) is 8.42 Å². The first-order valence-electron chi connectivity index (χ1n) is 6.94. The monoisotopic (exact) mass is 284 g/mol. The lowest BCUT2D eigenvalue weighted by molar-refractivity contribution is 0.346. The first-order chi connectivity index (χ1) is 9.14. The third-order valence-electron chi connectivity index (χ3n) is 3.11. The molecule has 1 aliphatic heterocycles. The molecule has 1 aromatic carbocycles. The SMILES string of the molecule is CC.NCc1ccc(S(=O)(=O)N2CCCCC2)cc1. The number of sulfonamides is 1. The lowest BCUT2D eigenvalue weighted by Crippen LogP contribution is -2.35. The summed E-state index contributed by atoms with van der Waals surface area (Å²) in [6, 6.07) is 6.84. The fourth-order valence-corrected chi connectivity index (χ4v) is 3.57. The molecule has 0 saturated carbocycles. The van der Waals surface area contributed by atoms with Gasteiger partial charge in [-0.05, 0) is 30.5 Å². The summed E-state index contributed by atoms with van der Waals surface area (Å²) in [5, 5.41) is 0. The molecule has 0 aliphatic carbocycles. The molecular formula is C14H24N2O2S. The quantitative estimate of drug-likeness (QED) is 0.926. The number of piperidine rings is 1. The van der Waals surface area contributed by atoms with Crippen molar-refractivity contribution in [1.29, 1.82) is 0 Å². The van der Waals surface area contributed by atoms with Gasteiger partial charge in [-0.2, -0.15) is 4.31 Å². The van der Waals surface area contributed by atoms with Gasteiger partial charge in [-0.3, -0.25) is 0 Å². The number of hydrogen-bond donors (Lipinski definition) is 1. The molecule has 0 aromatic heterocycles. The van der Waals surface area contributed by atoms with Crippen molar-refractivity contribution >= 4 is 10.0 Å². The van der Waals surface area contributed by atoms with Gasteiger partial charge in [0.15, 0.2) is 0 Å². The van der Waals surface area contributed by atoms with Gasteiger partial charge in [0.25, 0.3) is 0 Å². The van der Waals surface area contributed by atoms with Crippen molar-refractivity contribution in [1.82, 2.24) is 4.31 Å². The smallest absolute Gasteiger partial charge is 0.243 e. The van der Waals surface area contributed by atoms with E-state index in [0.717, 1.165) is 24.8 Å². The van der Waals surface area contributed by atoms with Crippen molar-refractivity contribution in [3.8, 4) is 0 Å². The topological polar surface area (TPSA) is 63.4 Å². The third kappa shape index (κ3) is 4.03. The van der Waals surface area contributed by atoms with E-state index in [1.807, 2.05) is 13.8 Å². The average Bonchev–Trinajstić information content (AvgIpc) is 2.50. The second-order valence-electron chi connectivity index (χ2n) is 4.31. The number of rotatable bonds is 3. The highest BCUT2D eigenvalue weighted by molar-refractivity contribution is 7.89. The van der Waals surface area contributed by atoms with Crippen LogP contribution in [0.4, 0.5) is 0 Å². The summed E-state index contributed by atoms with van der Waals surface area (Å²) in [6.07, 6.45) is 3.04. The van der Waals surface area contributed by atoms with Crippen LogP contribution in [0.1, 0.15) is 38.7 Å². The Balaban J connectivity index is 0.000000861. The summed E-state index contributed by atoms with van der Waals surface area (Å²) >= 11 is 0. The maximum atomic E-state index is 12.3. The molecule has 0 unspecified atom stereocenters. The summed E-state index contributed by atoms with van der Waals surface area (Å²) in [5.74, 6) is 0. The molecule has 1 heterocycles. The molecule has 2 rings (SSSR count). The highest BCUT2D eigenvalue weighted by Crippen LogP contribution is 2.20. The highest BCUT2D eigenvalue weighted by atomic mass is 32.2. The van der Waals surface area contributed by atoms with Gasteiger partial charge in [-0.25, -0.2) is 8.42 Å². The summed E-state index contributed by atoms with van der Waals surface area (Å²) in [7, 11) is -3.29. The maximum absolute atomic E-state index is 12.3. The normalized spacial score (nSPS) is 16.6. The molecule has 4 nitrogen and oxygen atoms in total. The van der Waals surface area contributed by atoms with E-state index in [1.54, 1.807) is 28.6 Å². The average molecular weight is 284 g/mol. The van der Waals surface area contributed by atoms with Crippen LogP contribution >= 0.6 is 0 Å². The van der Waals surface area contributed by atoms with Gasteiger partial charge in [0.05, 0.1) is 4.90 Å². The zero-order valence-corrected chi connectivity index (χ0v) is 12.6. The molecule has 2 N–H and O–H groups in total. The molecule has 1 aliphatic rings. The van der Waals surface area contributed by atoms with Crippen LogP contribution in [-0.4, -0.2) is 25.8 Å². The molecule has 1 fully saturated rings. The molecule has 108 valence electrons. The third-order valence-corrected chi connectivity index (χ3v) is 5.02. The van der Waals surface area contributed by atoms with Crippen LogP contribution in [0.25, 0.3) is 0 Å². The minimum Gasteiger partial charge on any atom is -0.326 e. The Morgan fingerprint density at radius 1 is 1.05 bits per heavy atom. The van der Waals surface area contributed by atoms with Crippen molar-refractivity contribution in [2.75, 3.05) is 13.1 Å². The molecule has 1 aromatic rings. The number of nitrogens with two attached hydrogens (primary N) is 1. The Kier molecular flexibility index (Phi) is 6.48. The second kappa shape index (κ2) is 7.62. The molecule has 19 heavy (non-hydrogen) atoms. The number of hydrogen-bond acceptors (Lipinski definition) is 3. The second-order valence-corrected chi connectivity index (χ2v) is 6.25. The Morgan fingerprint density at radius 2 is 1.58 bits per heavy atom. The summed E-state index contributed by atoms with van der Waals surface area (Å²) in [5.41, 5.74) is 6.44. The van der Waals surface area contributed by atoms with Gasteiger partial charge < -0.3 is 5.73 Å². The first-order valence-corrected chi connectivity index (χ1v) is 8.38. The van der Waals surface area contributed by atoms with E-state index in [1.165, 1.54) is 0 Å². The predicted molar refractivity (Wildman–Crippen MR) is 78.3 cm³/mol. The summed E-state index contributed by atoms with van der Waals surface area (Å²) in [6.45, 7) is 5.71. The van der Waals surface area contributed by atoms with Gasteiger partial charge >= 0.3 is 0 Å². The van der Waals surface area contributed by atoms with Crippen molar-refractivity contribution in [3.05, 3.63) is 29.8 Å². The lowest BCUT2D eigenvalue weighted by Gasteiger charge is -2.25.